The van der Waals surface area contributed by atoms with Gasteiger partial charge in [0, 0.05) is 26.2 Å². The summed E-state index contributed by atoms with van der Waals surface area (Å²) >= 11 is 0. The van der Waals surface area contributed by atoms with Crippen LogP contribution in [0.5, 0.6) is 0 Å². The highest BCUT2D eigenvalue weighted by Crippen LogP contribution is 2.36. The quantitative estimate of drug-likeness (QED) is 0.575. The van der Waals surface area contributed by atoms with E-state index in [2.05, 4.69) is 0 Å². The van der Waals surface area contributed by atoms with Crippen LogP contribution in [-0.2, 0) is 0 Å². The second-order valence-electron chi connectivity index (χ2n) is 4.94. The van der Waals surface area contributed by atoms with Crippen LogP contribution in [0, 0.1) is 0 Å². The Morgan fingerprint density at radius 2 is 0.944 bits per heavy atom. The van der Waals surface area contributed by atoms with Gasteiger partial charge < -0.3 is 0 Å². The van der Waals surface area contributed by atoms with E-state index in [0.29, 0.717) is 26.2 Å². The first-order valence-electron chi connectivity index (χ1n) is 6.23. The summed E-state index contributed by atoms with van der Waals surface area (Å²) in [5.41, 5.74) is 0. The standard InChI is InChI=1S/C12H14N4O2/c17-11-13-5-1-2-6-14-9(13)10-15(11)7-3-4-8-16(10)12(14)18/h1-4,9-10H,5-8H2. The predicted molar refractivity (Wildman–Crippen MR) is 63.5 cm³/mol. The Labute approximate surface area is 105 Å². The molecule has 4 rings (SSSR count). The molecular formula is C12H14N4O2. The lowest BCUT2D eigenvalue weighted by Gasteiger charge is -2.25. The molecule has 0 spiro atoms. The maximum Gasteiger partial charge on any atom is 0.324 e. The summed E-state index contributed by atoms with van der Waals surface area (Å²) in [5, 5.41) is 0. The zero-order valence-corrected chi connectivity index (χ0v) is 9.90. The van der Waals surface area contributed by atoms with Crippen LogP contribution in [0.3, 0.4) is 0 Å². The molecule has 0 unspecified atom stereocenters. The number of carbonyl (C=O) groups excluding carboxylic acids is 2. The molecule has 2 fully saturated rings. The Hall–Kier alpha value is -1.98. The zero-order valence-electron chi connectivity index (χ0n) is 9.90. The molecule has 4 aliphatic heterocycles. The third-order valence-electron chi connectivity index (χ3n) is 4.07. The molecule has 2 saturated heterocycles. The smallest absolute Gasteiger partial charge is 0.296 e. The molecule has 0 aromatic heterocycles. The molecule has 0 saturated carbocycles. The summed E-state index contributed by atoms with van der Waals surface area (Å²) in [6, 6.07) is 0.0659. The molecule has 6 heteroatoms. The fraction of sp³-hybridized carbons (Fsp3) is 0.500. The molecule has 0 atom stereocenters. The van der Waals surface area contributed by atoms with Crippen LogP contribution in [0.4, 0.5) is 9.59 Å². The lowest BCUT2D eigenvalue weighted by atomic mass is 10.3. The Bertz CT molecular complexity index is 406. The van der Waals surface area contributed by atoms with Gasteiger partial charge >= 0.3 is 12.1 Å². The van der Waals surface area contributed by atoms with Crippen molar-refractivity contribution in [3.05, 3.63) is 24.3 Å². The Kier molecular flexibility index (Phi) is 1.82. The molecule has 4 aliphatic rings. The van der Waals surface area contributed by atoms with Gasteiger partial charge in [0.2, 0.25) is 0 Å². The van der Waals surface area contributed by atoms with Gasteiger partial charge in [0.15, 0.2) is 12.3 Å². The van der Waals surface area contributed by atoms with Crippen LogP contribution in [0.1, 0.15) is 0 Å². The molecule has 94 valence electrons. The van der Waals surface area contributed by atoms with E-state index in [1.807, 2.05) is 24.3 Å². The van der Waals surface area contributed by atoms with E-state index in [4.69, 9.17) is 0 Å². The average Bonchev–Trinajstić information content (AvgIpc) is 2.68. The third-order valence-corrected chi connectivity index (χ3v) is 4.07. The Balaban J connectivity index is 1.84. The SMILES string of the molecule is O=C1N2CC=CCN3C(=O)N4CC=CCN1C4C23. The number of carbonyl (C=O) groups is 2. The molecule has 0 bridgehead atoms. The van der Waals surface area contributed by atoms with Crippen molar-refractivity contribution in [3.63, 3.8) is 0 Å². The van der Waals surface area contributed by atoms with Crippen molar-refractivity contribution in [1.82, 2.24) is 19.6 Å². The van der Waals surface area contributed by atoms with Crippen molar-refractivity contribution >= 4 is 12.1 Å². The third kappa shape index (κ3) is 1.03. The van der Waals surface area contributed by atoms with Gasteiger partial charge in [-0.25, -0.2) is 9.59 Å². The minimum absolute atomic E-state index is 0.0330. The van der Waals surface area contributed by atoms with E-state index in [1.54, 1.807) is 19.6 Å². The summed E-state index contributed by atoms with van der Waals surface area (Å²) in [4.78, 5) is 31.9. The average molecular weight is 246 g/mol. The van der Waals surface area contributed by atoms with Gasteiger partial charge in [-0.3, -0.25) is 19.6 Å². The van der Waals surface area contributed by atoms with E-state index in [9.17, 15) is 9.59 Å². The lowest BCUT2D eigenvalue weighted by molar-refractivity contribution is 0.147. The molecular weight excluding hydrogens is 232 g/mol. The van der Waals surface area contributed by atoms with Crippen molar-refractivity contribution in [2.75, 3.05) is 26.2 Å². The number of urea groups is 2. The van der Waals surface area contributed by atoms with Crippen LogP contribution in [0.15, 0.2) is 24.3 Å². The second kappa shape index (κ2) is 3.28. The second-order valence-corrected chi connectivity index (χ2v) is 4.94. The maximum absolute atomic E-state index is 12.4. The predicted octanol–water partition coefficient (Wildman–Crippen LogP) is 0.253. The molecule has 0 aromatic carbocycles. The van der Waals surface area contributed by atoms with Crippen LogP contribution in [0.2, 0.25) is 0 Å². The molecule has 0 aliphatic carbocycles. The number of hydrogen-bond donors (Lipinski definition) is 0. The fourth-order valence-corrected chi connectivity index (χ4v) is 3.26. The van der Waals surface area contributed by atoms with Gasteiger partial charge in [0.1, 0.15) is 0 Å². The van der Waals surface area contributed by atoms with Crippen LogP contribution >= 0.6 is 0 Å². The van der Waals surface area contributed by atoms with E-state index < -0.39 is 0 Å². The zero-order chi connectivity index (χ0) is 12.3. The normalized spacial score (nSPS) is 33.1. The van der Waals surface area contributed by atoms with Gasteiger partial charge in [0.25, 0.3) is 0 Å². The fourth-order valence-electron chi connectivity index (χ4n) is 3.26. The molecule has 18 heavy (non-hydrogen) atoms. The molecule has 0 N–H and O–H groups in total. The van der Waals surface area contributed by atoms with Crippen molar-refractivity contribution in [2.24, 2.45) is 0 Å². The molecule has 4 heterocycles. The van der Waals surface area contributed by atoms with Crippen LogP contribution in [-0.4, -0.2) is 70.2 Å². The van der Waals surface area contributed by atoms with E-state index in [-0.39, 0.29) is 24.4 Å². The molecule has 4 amide bonds. The minimum Gasteiger partial charge on any atom is -0.296 e. The summed E-state index contributed by atoms with van der Waals surface area (Å²) in [5.74, 6) is 0. The maximum atomic E-state index is 12.4. The van der Waals surface area contributed by atoms with Crippen molar-refractivity contribution in [1.29, 1.82) is 0 Å². The highest BCUT2D eigenvalue weighted by atomic mass is 16.2. The molecule has 6 nitrogen and oxygen atoms in total. The van der Waals surface area contributed by atoms with Gasteiger partial charge in [-0.2, -0.15) is 0 Å². The van der Waals surface area contributed by atoms with Crippen molar-refractivity contribution in [3.8, 4) is 0 Å². The summed E-state index contributed by atoms with van der Waals surface area (Å²) in [7, 11) is 0. The van der Waals surface area contributed by atoms with Crippen molar-refractivity contribution in [2.45, 2.75) is 12.3 Å². The van der Waals surface area contributed by atoms with Crippen LogP contribution in [0.25, 0.3) is 0 Å². The van der Waals surface area contributed by atoms with E-state index >= 15 is 0 Å². The first kappa shape index (κ1) is 9.99. The first-order valence-corrected chi connectivity index (χ1v) is 6.23. The lowest BCUT2D eigenvalue weighted by Crippen LogP contribution is -2.45. The number of hydrogen-bond acceptors (Lipinski definition) is 2. The largest absolute Gasteiger partial charge is 0.324 e. The number of rotatable bonds is 0. The van der Waals surface area contributed by atoms with E-state index in [0.717, 1.165) is 0 Å². The summed E-state index contributed by atoms with van der Waals surface area (Å²) < 4.78 is 0. The highest BCUT2D eigenvalue weighted by molar-refractivity contribution is 5.86. The van der Waals surface area contributed by atoms with Gasteiger partial charge in [0.05, 0.1) is 0 Å². The highest BCUT2D eigenvalue weighted by Gasteiger charge is 2.58. The number of nitrogens with zero attached hydrogens (tertiary/aromatic N) is 4. The minimum atomic E-state index is -0.125. The number of amides is 4. The van der Waals surface area contributed by atoms with Crippen molar-refractivity contribution < 1.29 is 9.59 Å². The Morgan fingerprint density at radius 1 is 0.667 bits per heavy atom. The van der Waals surface area contributed by atoms with Gasteiger partial charge in [-0.05, 0) is 0 Å². The summed E-state index contributed by atoms with van der Waals surface area (Å²) in [6.07, 6.45) is 7.62. The Morgan fingerprint density at radius 3 is 1.22 bits per heavy atom. The monoisotopic (exact) mass is 246 g/mol. The van der Waals surface area contributed by atoms with E-state index in [1.165, 1.54) is 0 Å². The van der Waals surface area contributed by atoms with Gasteiger partial charge in [-0.1, -0.05) is 24.3 Å². The first-order chi connectivity index (χ1) is 8.79. The van der Waals surface area contributed by atoms with Gasteiger partial charge in [-0.15, -0.1) is 0 Å². The topological polar surface area (TPSA) is 47.1 Å². The summed E-state index contributed by atoms with van der Waals surface area (Å²) in [6.45, 7) is 2.38. The molecule has 0 radical (unpaired) electrons. The molecule has 0 aromatic rings. The van der Waals surface area contributed by atoms with Crippen LogP contribution < -0.4 is 0 Å².